The predicted molar refractivity (Wildman–Crippen MR) is 90.9 cm³/mol. The van der Waals surface area contributed by atoms with E-state index in [1.165, 1.54) is 0 Å². The molecule has 1 unspecified atom stereocenters. The van der Waals surface area contributed by atoms with E-state index in [2.05, 4.69) is 5.32 Å². The van der Waals surface area contributed by atoms with Gasteiger partial charge in [0.15, 0.2) is 6.61 Å². The van der Waals surface area contributed by atoms with Gasteiger partial charge >= 0.3 is 5.97 Å². The highest BCUT2D eigenvalue weighted by molar-refractivity contribution is 5.79. The van der Waals surface area contributed by atoms with Gasteiger partial charge in [-0.15, -0.1) is 0 Å². The fourth-order valence-corrected chi connectivity index (χ4v) is 2.43. The second-order valence-electron chi connectivity index (χ2n) is 5.38. The highest BCUT2D eigenvalue weighted by Crippen LogP contribution is 2.19. The third-order valence-electron chi connectivity index (χ3n) is 3.63. The molecule has 0 spiro atoms. The molecule has 2 rings (SSSR count). The van der Waals surface area contributed by atoms with Crippen LogP contribution in [0.1, 0.15) is 30.5 Å². The van der Waals surface area contributed by atoms with Gasteiger partial charge in [-0.05, 0) is 23.6 Å². The van der Waals surface area contributed by atoms with Crippen LogP contribution in [-0.2, 0) is 16.0 Å². The number of nitrogens with one attached hydrogen (secondary N) is 1. The maximum atomic E-state index is 12.2. The van der Waals surface area contributed by atoms with E-state index in [0.29, 0.717) is 5.75 Å². The average Bonchev–Trinajstić information content (AvgIpc) is 2.60. The van der Waals surface area contributed by atoms with Gasteiger partial charge in [-0.1, -0.05) is 55.5 Å². The molecule has 2 aromatic carbocycles. The van der Waals surface area contributed by atoms with Crippen LogP contribution in [0.15, 0.2) is 54.6 Å². The van der Waals surface area contributed by atoms with Crippen molar-refractivity contribution in [1.82, 2.24) is 5.32 Å². The minimum absolute atomic E-state index is 0.153. The standard InChI is InChI=1S/C19H21NO4/c1-2-14-8-6-7-11-17(14)24-13-18(21)20-16(12-19(22)23)15-9-4-3-5-10-15/h3-11,16H,2,12-13H2,1H3,(H,20,21)(H,22,23). The Labute approximate surface area is 141 Å². The molecule has 0 saturated carbocycles. The molecule has 126 valence electrons. The van der Waals surface area contributed by atoms with E-state index in [1.807, 2.05) is 49.4 Å². The number of benzene rings is 2. The Morgan fingerprint density at radius 2 is 1.75 bits per heavy atom. The molecule has 0 fully saturated rings. The molecular formula is C19H21NO4. The SMILES string of the molecule is CCc1ccccc1OCC(=O)NC(CC(=O)O)c1ccccc1. The minimum atomic E-state index is -0.971. The number of hydrogen-bond donors (Lipinski definition) is 2. The van der Waals surface area contributed by atoms with Gasteiger partial charge in [-0.3, -0.25) is 9.59 Å². The van der Waals surface area contributed by atoms with Crippen molar-refractivity contribution in [2.24, 2.45) is 0 Å². The van der Waals surface area contributed by atoms with E-state index in [4.69, 9.17) is 9.84 Å². The topological polar surface area (TPSA) is 75.6 Å². The average molecular weight is 327 g/mol. The van der Waals surface area contributed by atoms with Crippen molar-refractivity contribution in [3.8, 4) is 5.75 Å². The lowest BCUT2D eigenvalue weighted by Gasteiger charge is -2.18. The van der Waals surface area contributed by atoms with E-state index in [0.717, 1.165) is 17.5 Å². The number of ether oxygens (including phenoxy) is 1. The van der Waals surface area contributed by atoms with Crippen molar-refractivity contribution in [3.63, 3.8) is 0 Å². The highest BCUT2D eigenvalue weighted by atomic mass is 16.5. The number of carbonyl (C=O) groups excluding carboxylic acids is 1. The molecule has 1 amide bonds. The molecule has 0 aliphatic carbocycles. The largest absolute Gasteiger partial charge is 0.483 e. The summed E-state index contributed by atoms with van der Waals surface area (Å²) in [6, 6.07) is 16.0. The van der Waals surface area contributed by atoms with Crippen LogP contribution in [0, 0.1) is 0 Å². The number of hydrogen-bond acceptors (Lipinski definition) is 3. The molecule has 2 aromatic rings. The molecule has 0 aliphatic heterocycles. The molecule has 0 aromatic heterocycles. The van der Waals surface area contributed by atoms with Crippen molar-refractivity contribution in [3.05, 3.63) is 65.7 Å². The van der Waals surface area contributed by atoms with E-state index in [-0.39, 0.29) is 18.9 Å². The summed E-state index contributed by atoms with van der Waals surface area (Å²) >= 11 is 0. The molecule has 5 heteroatoms. The molecule has 24 heavy (non-hydrogen) atoms. The Kier molecular flexibility index (Phi) is 6.37. The maximum Gasteiger partial charge on any atom is 0.305 e. The number of aliphatic carboxylic acids is 1. The third-order valence-corrected chi connectivity index (χ3v) is 3.63. The first kappa shape index (κ1) is 17.5. The first-order valence-corrected chi connectivity index (χ1v) is 7.87. The Bertz CT molecular complexity index is 685. The summed E-state index contributed by atoms with van der Waals surface area (Å²) in [5, 5.41) is 11.8. The van der Waals surface area contributed by atoms with Crippen LogP contribution >= 0.6 is 0 Å². The first-order valence-electron chi connectivity index (χ1n) is 7.87. The first-order chi connectivity index (χ1) is 11.6. The Morgan fingerprint density at radius 1 is 1.08 bits per heavy atom. The second kappa shape index (κ2) is 8.72. The monoisotopic (exact) mass is 327 g/mol. The van der Waals surface area contributed by atoms with E-state index < -0.39 is 12.0 Å². The molecule has 0 bridgehead atoms. The van der Waals surface area contributed by atoms with Gasteiger partial charge < -0.3 is 15.2 Å². The number of carboxylic acids is 1. The smallest absolute Gasteiger partial charge is 0.305 e. The van der Waals surface area contributed by atoms with Gasteiger partial charge in [0, 0.05) is 0 Å². The van der Waals surface area contributed by atoms with Crippen molar-refractivity contribution in [1.29, 1.82) is 0 Å². The number of carboxylic acid groups (broad SMARTS) is 1. The number of rotatable bonds is 8. The van der Waals surface area contributed by atoms with Crippen LogP contribution in [-0.4, -0.2) is 23.6 Å². The van der Waals surface area contributed by atoms with Gasteiger partial charge in [-0.2, -0.15) is 0 Å². The fourth-order valence-electron chi connectivity index (χ4n) is 2.43. The summed E-state index contributed by atoms with van der Waals surface area (Å²) in [6.45, 7) is 1.86. The van der Waals surface area contributed by atoms with Crippen LogP contribution in [0.2, 0.25) is 0 Å². The van der Waals surface area contributed by atoms with Gasteiger partial charge in [-0.25, -0.2) is 0 Å². The summed E-state index contributed by atoms with van der Waals surface area (Å²) in [5.41, 5.74) is 1.78. The molecule has 0 aliphatic rings. The highest BCUT2D eigenvalue weighted by Gasteiger charge is 2.18. The van der Waals surface area contributed by atoms with Crippen molar-refractivity contribution >= 4 is 11.9 Å². The number of aryl methyl sites for hydroxylation is 1. The zero-order chi connectivity index (χ0) is 17.4. The molecule has 5 nitrogen and oxygen atoms in total. The summed E-state index contributed by atoms with van der Waals surface area (Å²) < 4.78 is 5.57. The van der Waals surface area contributed by atoms with Gasteiger partial charge in [0.2, 0.25) is 0 Å². The fraction of sp³-hybridized carbons (Fsp3) is 0.263. The molecule has 0 heterocycles. The summed E-state index contributed by atoms with van der Waals surface area (Å²) in [5.74, 6) is -0.651. The van der Waals surface area contributed by atoms with E-state index >= 15 is 0 Å². The lowest BCUT2D eigenvalue weighted by atomic mass is 10.0. The third kappa shape index (κ3) is 5.12. The molecule has 0 radical (unpaired) electrons. The zero-order valence-electron chi connectivity index (χ0n) is 13.6. The van der Waals surface area contributed by atoms with Crippen LogP contribution in [0.4, 0.5) is 0 Å². The predicted octanol–water partition coefficient (Wildman–Crippen LogP) is 2.96. The number of amides is 1. The summed E-state index contributed by atoms with van der Waals surface area (Å²) in [7, 11) is 0. The molecule has 1 atom stereocenters. The van der Waals surface area contributed by atoms with E-state index in [9.17, 15) is 9.59 Å². The lowest BCUT2D eigenvalue weighted by molar-refractivity contribution is -0.137. The van der Waals surface area contributed by atoms with Crippen LogP contribution in [0.25, 0.3) is 0 Å². The van der Waals surface area contributed by atoms with E-state index in [1.54, 1.807) is 12.1 Å². The van der Waals surface area contributed by atoms with Gasteiger partial charge in [0.25, 0.3) is 5.91 Å². The maximum absolute atomic E-state index is 12.2. The number of carbonyl (C=O) groups is 2. The summed E-state index contributed by atoms with van der Waals surface area (Å²) in [6.07, 6.45) is 0.630. The van der Waals surface area contributed by atoms with Crippen LogP contribution < -0.4 is 10.1 Å². The lowest BCUT2D eigenvalue weighted by Crippen LogP contribution is -2.33. The van der Waals surface area contributed by atoms with Crippen LogP contribution in [0.5, 0.6) is 5.75 Å². The molecule has 2 N–H and O–H groups in total. The molecular weight excluding hydrogens is 306 g/mol. The second-order valence-corrected chi connectivity index (χ2v) is 5.38. The van der Waals surface area contributed by atoms with Crippen molar-refractivity contribution in [2.45, 2.75) is 25.8 Å². The number of para-hydroxylation sites is 1. The zero-order valence-corrected chi connectivity index (χ0v) is 13.6. The van der Waals surface area contributed by atoms with Crippen molar-refractivity contribution in [2.75, 3.05) is 6.61 Å². The van der Waals surface area contributed by atoms with Gasteiger partial charge in [0.1, 0.15) is 5.75 Å². The Balaban J connectivity index is 1.99. The van der Waals surface area contributed by atoms with Crippen molar-refractivity contribution < 1.29 is 19.4 Å². The Hall–Kier alpha value is -2.82. The van der Waals surface area contributed by atoms with Crippen LogP contribution in [0.3, 0.4) is 0 Å². The summed E-state index contributed by atoms with van der Waals surface area (Å²) in [4.78, 5) is 23.2. The Morgan fingerprint density at radius 3 is 2.42 bits per heavy atom. The molecule has 0 saturated heterocycles. The quantitative estimate of drug-likeness (QED) is 0.781. The minimum Gasteiger partial charge on any atom is -0.483 e. The normalized spacial score (nSPS) is 11.5. The van der Waals surface area contributed by atoms with Gasteiger partial charge in [0.05, 0.1) is 12.5 Å².